The van der Waals surface area contributed by atoms with Crippen LogP contribution < -0.4 is 11.1 Å². The van der Waals surface area contributed by atoms with Crippen LogP contribution in [0.5, 0.6) is 0 Å². The molecule has 0 unspecified atom stereocenters. The van der Waals surface area contributed by atoms with Crippen molar-refractivity contribution in [3.8, 4) is 11.1 Å². The van der Waals surface area contributed by atoms with Gasteiger partial charge in [0.2, 0.25) is 0 Å². The molecule has 170 valence electrons. The molecule has 0 aliphatic carbocycles. The fourth-order valence-electron chi connectivity index (χ4n) is 3.55. The first kappa shape index (κ1) is 22.5. The SMILES string of the molecule is CCn1ncc(C(=O)Nc2c(C(N)=O)sc3nc(C(F)(F)F)cc(-c4ccccc4)c23)c1C. The molecule has 3 aromatic heterocycles. The van der Waals surface area contributed by atoms with E-state index in [9.17, 15) is 22.8 Å². The minimum absolute atomic E-state index is 0.0243. The summed E-state index contributed by atoms with van der Waals surface area (Å²) in [5, 5.41) is 7.02. The van der Waals surface area contributed by atoms with Gasteiger partial charge in [0.05, 0.1) is 17.4 Å². The number of nitrogens with zero attached hydrogens (tertiary/aromatic N) is 3. The molecule has 4 rings (SSSR count). The number of rotatable bonds is 5. The Hall–Kier alpha value is -3.73. The average molecular weight is 473 g/mol. The number of nitrogens with two attached hydrogens (primary N) is 1. The van der Waals surface area contributed by atoms with Gasteiger partial charge in [-0.2, -0.15) is 18.3 Å². The van der Waals surface area contributed by atoms with Gasteiger partial charge >= 0.3 is 6.18 Å². The predicted molar refractivity (Wildman–Crippen MR) is 119 cm³/mol. The van der Waals surface area contributed by atoms with Gasteiger partial charge in [0.15, 0.2) is 0 Å². The van der Waals surface area contributed by atoms with Crippen molar-refractivity contribution in [2.75, 3.05) is 5.32 Å². The Kier molecular flexibility index (Phi) is 5.66. The van der Waals surface area contributed by atoms with Crippen LogP contribution in [-0.2, 0) is 12.7 Å². The Balaban J connectivity index is 1.96. The van der Waals surface area contributed by atoms with Crippen molar-refractivity contribution >= 4 is 39.1 Å². The lowest BCUT2D eigenvalue weighted by atomic mass is 10.0. The molecule has 0 radical (unpaired) electrons. The first-order chi connectivity index (χ1) is 15.6. The number of benzene rings is 1. The van der Waals surface area contributed by atoms with Crippen LogP contribution in [-0.4, -0.2) is 26.6 Å². The summed E-state index contributed by atoms with van der Waals surface area (Å²) in [6.07, 6.45) is -3.31. The number of amides is 2. The molecule has 4 aromatic rings. The minimum Gasteiger partial charge on any atom is -0.365 e. The second kappa shape index (κ2) is 8.32. The van der Waals surface area contributed by atoms with E-state index in [1.165, 1.54) is 6.20 Å². The number of nitrogens with one attached hydrogen (secondary N) is 1. The van der Waals surface area contributed by atoms with Crippen LogP contribution in [0.15, 0.2) is 42.6 Å². The maximum atomic E-state index is 13.6. The smallest absolute Gasteiger partial charge is 0.365 e. The van der Waals surface area contributed by atoms with E-state index >= 15 is 0 Å². The third kappa shape index (κ3) is 4.07. The van der Waals surface area contributed by atoms with Crippen LogP contribution in [0.2, 0.25) is 0 Å². The number of alkyl halides is 3. The topological polar surface area (TPSA) is 103 Å². The summed E-state index contributed by atoms with van der Waals surface area (Å²) >= 11 is 0.701. The molecule has 0 fully saturated rings. The molecule has 3 N–H and O–H groups in total. The molecule has 0 saturated heterocycles. The van der Waals surface area contributed by atoms with E-state index in [-0.39, 0.29) is 31.9 Å². The summed E-state index contributed by atoms with van der Waals surface area (Å²) in [6.45, 7) is 4.14. The number of hydrogen-bond acceptors (Lipinski definition) is 5. The molecule has 7 nitrogen and oxygen atoms in total. The van der Waals surface area contributed by atoms with Gasteiger partial charge < -0.3 is 11.1 Å². The number of carbonyl (C=O) groups is 2. The summed E-state index contributed by atoms with van der Waals surface area (Å²) in [7, 11) is 0. The molecule has 0 atom stereocenters. The first-order valence-electron chi connectivity index (χ1n) is 9.85. The number of aryl methyl sites for hydroxylation is 1. The van der Waals surface area contributed by atoms with E-state index in [2.05, 4.69) is 15.4 Å². The van der Waals surface area contributed by atoms with E-state index in [1.807, 2.05) is 6.92 Å². The molecule has 1 aromatic carbocycles. The van der Waals surface area contributed by atoms with E-state index < -0.39 is 23.7 Å². The van der Waals surface area contributed by atoms with E-state index in [4.69, 9.17) is 5.73 Å². The molecule has 0 aliphatic rings. The summed E-state index contributed by atoms with van der Waals surface area (Å²) in [5.41, 5.74) is 5.95. The number of anilines is 1. The van der Waals surface area contributed by atoms with Crippen molar-refractivity contribution in [2.24, 2.45) is 5.73 Å². The highest BCUT2D eigenvalue weighted by Gasteiger charge is 2.35. The van der Waals surface area contributed by atoms with E-state index in [1.54, 1.807) is 41.9 Å². The maximum Gasteiger partial charge on any atom is 0.433 e. The predicted octanol–water partition coefficient (Wildman–Crippen LogP) is 4.86. The van der Waals surface area contributed by atoms with Gasteiger partial charge in [-0.15, -0.1) is 11.3 Å². The third-order valence-electron chi connectivity index (χ3n) is 5.15. The van der Waals surface area contributed by atoms with Crippen molar-refractivity contribution in [3.05, 3.63) is 64.4 Å². The lowest BCUT2D eigenvalue weighted by Gasteiger charge is -2.12. The van der Waals surface area contributed by atoms with Crippen LogP contribution in [0.4, 0.5) is 18.9 Å². The zero-order valence-electron chi connectivity index (χ0n) is 17.5. The number of pyridine rings is 1. The molecule has 33 heavy (non-hydrogen) atoms. The third-order valence-corrected chi connectivity index (χ3v) is 6.25. The monoisotopic (exact) mass is 473 g/mol. The number of fused-ring (bicyclic) bond motifs is 1. The van der Waals surface area contributed by atoms with Crippen LogP contribution in [0.3, 0.4) is 0 Å². The van der Waals surface area contributed by atoms with Crippen molar-refractivity contribution in [3.63, 3.8) is 0 Å². The molecule has 0 spiro atoms. The zero-order chi connectivity index (χ0) is 23.9. The fraction of sp³-hybridized carbons (Fsp3) is 0.182. The summed E-state index contributed by atoms with van der Waals surface area (Å²) in [4.78, 5) is 28.8. The number of aromatic nitrogens is 3. The minimum atomic E-state index is -4.70. The van der Waals surface area contributed by atoms with Gasteiger partial charge in [-0.25, -0.2) is 4.98 Å². The van der Waals surface area contributed by atoms with Gasteiger partial charge in [-0.3, -0.25) is 14.3 Å². The molecule has 0 bridgehead atoms. The molecular formula is C22H18F3N5O2S. The van der Waals surface area contributed by atoms with Gasteiger partial charge in [-0.1, -0.05) is 30.3 Å². The Morgan fingerprint density at radius 3 is 2.48 bits per heavy atom. The van der Waals surface area contributed by atoms with Gasteiger partial charge in [0, 0.05) is 17.6 Å². The van der Waals surface area contributed by atoms with Crippen molar-refractivity contribution < 1.29 is 22.8 Å². The average Bonchev–Trinajstić information content (AvgIpc) is 3.33. The Labute approximate surface area is 190 Å². The standard InChI is InChI=1S/C22H18F3N5O2S/c1-3-30-11(2)14(10-27-30)20(32)29-17-16-13(12-7-5-4-6-8-12)9-15(22(23,24)25)28-21(16)33-18(17)19(26)31/h4-10H,3H2,1-2H3,(H2,26,31)(H,29,32). The highest BCUT2D eigenvalue weighted by molar-refractivity contribution is 7.21. The number of hydrogen-bond donors (Lipinski definition) is 2. The Bertz CT molecular complexity index is 1380. The lowest BCUT2D eigenvalue weighted by molar-refractivity contribution is -0.140. The summed E-state index contributed by atoms with van der Waals surface area (Å²) < 4.78 is 42.3. The molecule has 2 amide bonds. The van der Waals surface area contributed by atoms with Gasteiger partial charge in [0.1, 0.15) is 15.4 Å². The quantitative estimate of drug-likeness (QED) is 0.432. The first-order valence-corrected chi connectivity index (χ1v) is 10.7. The highest BCUT2D eigenvalue weighted by Crippen LogP contribution is 2.43. The highest BCUT2D eigenvalue weighted by atomic mass is 32.1. The van der Waals surface area contributed by atoms with Crippen LogP contribution >= 0.6 is 11.3 Å². The zero-order valence-corrected chi connectivity index (χ0v) is 18.3. The summed E-state index contributed by atoms with van der Waals surface area (Å²) in [5.74, 6) is -1.45. The van der Waals surface area contributed by atoms with Gasteiger partial charge in [-0.05, 0) is 31.0 Å². The van der Waals surface area contributed by atoms with Crippen molar-refractivity contribution in [1.82, 2.24) is 14.8 Å². The fourth-order valence-corrected chi connectivity index (χ4v) is 4.56. The molecular weight excluding hydrogens is 455 g/mol. The molecule has 11 heteroatoms. The number of halogens is 3. The Morgan fingerprint density at radius 2 is 1.91 bits per heavy atom. The van der Waals surface area contributed by atoms with E-state index in [0.29, 0.717) is 29.1 Å². The second-order valence-corrected chi connectivity index (χ2v) is 8.18. The molecule has 0 aliphatic heterocycles. The normalized spacial score (nSPS) is 11.7. The van der Waals surface area contributed by atoms with Crippen molar-refractivity contribution in [2.45, 2.75) is 26.6 Å². The van der Waals surface area contributed by atoms with Crippen LogP contribution in [0, 0.1) is 6.92 Å². The molecule has 3 heterocycles. The Morgan fingerprint density at radius 1 is 1.21 bits per heavy atom. The van der Waals surface area contributed by atoms with Crippen LogP contribution in [0.1, 0.15) is 38.3 Å². The lowest BCUT2D eigenvalue weighted by Crippen LogP contribution is -2.17. The number of primary amides is 1. The second-order valence-electron chi connectivity index (χ2n) is 7.18. The van der Waals surface area contributed by atoms with Crippen LogP contribution in [0.25, 0.3) is 21.3 Å². The van der Waals surface area contributed by atoms with E-state index in [0.717, 1.165) is 6.07 Å². The largest absolute Gasteiger partial charge is 0.433 e. The van der Waals surface area contributed by atoms with Crippen molar-refractivity contribution in [1.29, 1.82) is 0 Å². The molecule has 0 saturated carbocycles. The maximum absolute atomic E-state index is 13.6. The number of carbonyl (C=O) groups excluding carboxylic acids is 2. The number of thiophene rings is 1. The summed E-state index contributed by atoms with van der Waals surface area (Å²) in [6, 6.07) is 9.26. The van der Waals surface area contributed by atoms with Gasteiger partial charge in [0.25, 0.3) is 11.8 Å².